The average molecular weight is 357 g/mol. The van der Waals surface area contributed by atoms with E-state index in [1.54, 1.807) is 17.9 Å². The Morgan fingerprint density at radius 2 is 2.15 bits per heavy atom. The summed E-state index contributed by atoms with van der Waals surface area (Å²) < 4.78 is 9.87. The average Bonchev–Trinajstić information content (AvgIpc) is 3.18. The van der Waals surface area contributed by atoms with Crippen LogP contribution in [0.1, 0.15) is 17.7 Å². The van der Waals surface area contributed by atoms with Crippen molar-refractivity contribution in [2.45, 2.75) is 20.3 Å². The molecule has 1 aliphatic rings. The number of esters is 1. The maximum Gasteiger partial charge on any atom is 0.311 e. The number of aryl methyl sites for hydroxylation is 2. The number of benzene rings is 1. The summed E-state index contributed by atoms with van der Waals surface area (Å²) in [7, 11) is 0. The number of carbonyl (C=O) groups is 3. The molecule has 1 saturated heterocycles. The van der Waals surface area contributed by atoms with Crippen LogP contribution in [0.2, 0.25) is 0 Å². The molecule has 2 heterocycles. The SMILES string of the molecule is Cc1cccc(N2C[C@@H](C(=O)OCC(=O)Nc3cc(C)on3)CC2=O)c1. The first-order chi connectivity index (χ1) is 12.4. The molecule has 2 amide bonds. The largest absolute Gasteiger partial charge is 0.455 e. The minimum absolute atomic E-state index is 0.0663. The molecule has 0 saturated carbocycles. The van der Waals surface area contributed by atoms with E-state index in [1.165, 1.54) is 0 Å². The van der Waals surface area contributed by atoms with Crippen LogP contribution in [0.25, 0.3) is 0 Å². The van der Waals surface area contributed by atoms with Crippen LogP contribution < -0.4 is 10.2 Å². The van der Waals surface area contributed by atoms with E-state index in [-0.39, 0.29) is 24.7 Å². The van der Waals surface area contributed by atoms with Crippen LogP contribution in [0.5, 0.6) is 0 Å². The van der Waals surface area contributed by atoms with Gasteiger partial charge in [0.2, 0.25) is 5.91 Å². The van der Waals surface area contributed by atoms with E-state index < -0.39 is 24.4 Å². The lowest BCUT2D eigenvalue weighted by molar-refractivity contribution is -0.151. The van der Waals surface area contributed by atoms with Gasteiger partial charge in [-0.3, -0.25) is 14.4 Å². The van der Waals surface area contributed by atoms with Gasteiger partial charge in [-0.25, -0.2) is 0 Å². The van der Waals surface area contributed by atoms with Gasteiger partial charge in [-0.1, -0.05) is 17.3 Å². The van der Waals surface area contributed by atoms with E-state index in [0.29, 0.717) is 5.76 Å². The lowest BCUT2D eigenvalue weighted by Crippen LogP contribution is -2.28. The quantitative estimate of drug-likeness (QED) is 0.819. The molecule has 8 heteroatoms. The van der Waals surface area contributed by atoms with Crippen molar-refractivity contribution in [3.63, 3.8) is 0 Å². The van der Waals surface area contributed by atoms with Crippen molar-refractivity contribution in [1.82, 2.24) is 5.16 Å². The number of nitrogens with one attached hydrogen (secondary N) is 1. The third-order valence-electron chi connectivity index (χ3n) is 4.01. The molecule has 1 fully saturated rings. The number of nitrogens with zero attached hydrogens (tertiary/aromatic N) is 2. The Balaban J connectivity index is 1.52. The lowest BCUT2D eigenvalue weighted by atomic mass is 10.1. The molecule has 2 aromatic rings. The highest BCUT2D eigenvalue weighted by Gasteiger charge is 2.36. The normalized spacial score (nSPS) is 16.6. The van der Waals surface area contributed by atoms with Crippen molar-refractivity contribution in [3.8, 4) is 0 Å². The van der Waals surface area contributed by atoms with E-state index in [0.717, 1.165) is 11.3 Å². The third-order valence-corrected chi connectivity index (χ3v) is 4.01. The van der Waals surface area contributed by atoms with E-state index in [2.05, 4.69) is 10.5 Å². The van der Waals surface area contributed by atoms with Crippen molar-refractivity contribution in [1.29, 1.82) is 0 Å². The van der Waals surface area contributed by atoms with Gasteiger partial charge in [0.25, 0.3) is 5.91 Å². The van der Waals surface area contributed by atoms with Gasteiger partial charge >= 0.3 is 5.97 Å². The monoisotopic (exact) mass is 357 g/mol. The molecule has 0 bridgehead atoms. The summed E-state index contributed by atoms with van der Waals surface area (Å²) in [6, 6.07) is 9.06. The van der Waals surface area contributed by atoms with E-state index >= 15 is 0 Å². The van der Waals surface area contributed by atoms with Crippen LogP contribution in [0.3, 0.4) is 0 Å². The van der Waals surface area contributed by atoms with Gasteiger partial charge in [0.05, 0.1) is 5.92 Å². The molecule has 1 N–H and O–H groups in total. The first kappa shape index (κ1) is 17.7. The number of aromatic nitrogens is 1. The van der Waals surface area contributed by atoms with E-state index in [1.807, 2.05) is 31.2 Å². The summed E-state index contributed by atoms with van der Waals surface area (Å²) in [6.07, 6.45) is 0.0663. The molecule has 136 valence electrons. The van der Waals surface area contributed by atoms with Crippen LogP contribution in [-0.4, -0.2) is 36.1 Å². The summed E-state index contributed by atoms with van der Waals surface area (Å²) in [5.74, 6) is -1.01. The van der Waals surface area contributed by atoms with Gasteiger partial charge in [0.15, 0.2) is 12.4 Å². The van der Waals surface area contributed by atoms with Gasteiger partial charge < -0.3 is 19.5 Å². The maximum atomic E-state index is 12.2. The van der Waals surface area contributed by atoms with Gasteiger partial charge in [0, 0.05) is 24.7 Å². The fourth-order valence-electron chi connectivity index (χ4n) is 2.77. The number of hydrogen-bond donors (Lipinski definition) is 1. The minimum atomic E-state index is -0.592. The first-order valence-corrected chi connectivity index (χ1v) is 8.19. The summed E-state index contributed by atoms with van der Waals surface area (Å²) in [6.45, 7) is 3.43. The fourth-order valence-corrected chi connectivity index (χ4v) is 2.77. The topological polar surface area (TPSA) is 102 Å². The summed E-state index contributed by atoms with van der Waals surface area (Å²) in [5, 5.41) is 6.08. The smallest absolute Gasteiger partial charge is 0.311 e. The molecular weight excluding hydrogens is 338 g/mol. The second kappa shape index (κ2) is 7.38. The number of hydrogen-bond acceptors (Lipinski definition) is 6. The summed E-state index contributed by atoms with van der Waals surface area (Å²) >= 11 is 0. The molecule has 0 aliphatic carbocycles. The Bertz CT molecular complexity index is 845. The van der Waals surface area contributed by atoms with E-state index in [4.69, 9.17) is 9.26 Å². The van der Waals surface area contributed by atoms with Crippen molar-refractivity contribution >= 4 is 29.3 Å². The van der Waals surface area contributed by atoms with Gasteiger partial charge in [0.1, 0.15) is 5.76 Å². The highest BCUT2D eigenvalue weighted by atomic mass is 16.5. The van der Waals surface area contributed by atoms with Crippen LogP contribution in [-0.2, 0) is 19.1 Å². The molecule has 1 atom stereocenters. The second-order valence-corrected chi connectivity index (χ2v) is 6.22. The van der Waals surface area contributed by atoms with Crippen LogP contribution in [0, 0.1) is 19.8 Å². The number of rotatable bonds is 5. The van der Waals surface area contributed by atoms with Gasteiger partial charge in [-0.05, 0) is 31.5 Å². The third kappa shape index (κ3) is 4.08. The lowest BCUT2D eigenvalue weighted by Gasteiger charge is -2.17. The fraction of sp³-hybridized carbons (Fsp3) is 0.333. The molecule has 0 radical (unpaired) electrons. The number of carbonyl (C=O) groups excluding carboxylic acids is 3. The highest BCUT2D eigenvalue weighted by molar-refractivity contribution is 6.00. The van der Waals surface area contributed by atoms with Crippen LogP contribution in [0.4, 0.5) is 11.5 Å². The number of ether oxygens (including phenoxy) is 1. The zero-order valence-corrected chi connectivity index (χ0v) is 14.5. The minimum Gasteiger partial charge on any atom is -0.455 e. The Kier molecular flexibility index (Phi) is 5.01. The van der Waals surface area contributed by atoms with Crippen molar-refractivity contribution in [2.24, 2.45) is 5.92 Å². The van der Waals surface area contributed by atoms with Crippen molar-refractivity contribution in [2.75, 3.05) is 23.4 Å². The first-order valence-electron chi connectivity index (χ1n) is 8.19. The Morgan fingerprint density at radius 3 is 2.85 bits per heavy atom. The Morgan fingerprint density at radius 1 is 1.35 bits per heavy atom. The number of anilines is 2. The van der Waals surface area contributed by atoms with Crippen LogP contribution >= 0.6 is 0 Å². The van der Waals surface area contributed by atoms with Gasteiger partial charge in [-0.15, -0.1) is 0 Å². The second-order valence-electron chi connectivity index (χ2n) is 6.22. The molecule has 1 aromatic heterocycles. The molecule has 8 nitrogen and oxygen atoms in total. The molecule has 26 heavy (non-hydrogen) atoms. The Hall–Kier alpha value is -3.16. The molecule has 0 spiro atoms. The molecular formula is C18H19N3O5. The molecule has 3 rings (SSSR count). The predicted octanol–water partition coefficient (Wildman–Crippen LogP) is 1.83. The Labute approximate surface area is 150 Å². The highest BCUT2D eigenvalue weighted by Crippen LogP contribution is 2.26. The summed E-state index contributed by atoms with van der Waals surface area (Å²) in [5.41, 5.74) is 1.78. The van der Waals surface area contributed by atoms with Crippen LogP contribution in [0.15, 0.2) is 34.9 Å². The maximum absolute atomic E-state index is 12.2. The van der Waals surface area contributed by atoms with Crippen molar-refractivity contribution < 1.29 is 23.6 Å². The molecule has 0 unspecified atom stereocenters. The summed E-state index contributed by atoms with van der Waals surface area (Å²) in [4.78, 5) is 37.7. The zero-order valence-electron chi connectivity index (χ0n) is 14.5. The molecule has 1 aromatic carbocycles. The molecule has 1 aliphatic heterocycles. The van der Waals surface area contributed by atoms with Crippen molar-refractivity contribution in [3.05, 3.63) is 41.7 Å². The predicted molar refractivity (Wildman–Crippen MR) is 92.5 cm³/mol. The number of amides is 2. The van der Waals surface area contributed by atoms with E-state index in [9.17, 15) is 14.4 Å². The van der Waals surface area contributed by atoms with Gasteiger partial charge in [-0.2, -0.15) is 0 Å². The standard InChI is InChI=1S/C18H19N3O5/c1-11-4-3-5-14(6-11)21-9-13(8-17(21)23)18(24)25-10-16(22)19-15-7-12(2)26-20-15/h3-7,13H,8-10H2,1-2H3,(H,19,20,22)/t13-/m0/s1. The zero-order chi connectivity index (χ0) is 18.7.